The fourth-order valence-corrected chi connectivity index (χ4v) is 4.24. The van der Waals surface area contributed by atoms with Gasteiger partial charge in [-0.25, -0.2) is 9.78 Å². The van der Waals surface area contributed by atoms with E-state index in [2.05, 4.69) is 15.2 Å². The summed E-state index contributed by atoms with van der Waals surface area (Å²) in [4.78, 5) is 30.0. The molecule has 3 aromatic rings. The van der Waals surface area contributed by atoms with Crippen molar-refractivity contribution in [3.63, 3.8) is 0 Å². The summed E-state index contributed by atoms with van der Waals surface area (Å²) in [5.41, 5.74) is -0.311. The van der Waals surface area contributed by atoms with Gasteiger partial charge in [0.1, 0.15) is 11.6 Å². The molecule has 37 heavy (non-hydrogen) atoms. The van der Waals surface area contributed by atoms with Crippen molar-refractivity contribution in [2.24, 2.45) is 5.92 Å². The number of carboxylic acid groups (broad SMARTS) is 1. The molecule has 1 aliphatic rings. The van der Waals surface area contributed by atoms with E-state index < -0.39 is 30.0 Å². The minimum atomic E-state index is -4.52. The van der Waals surface area contributed by atoms with Crippen LogP contribution in [0.25, 0.3) is 0 Å². The number of nitrogens with zero attached hydrogens (tertiary/aromatic N) is 2. The summed E-state index contributed by atoms with van der Waals surface area (Å²) in [7, 11) is 0. The summed E-state index contributed by atoms with van der Waals surface area (Å²) < 4.78 is 45.3. The van der Waals surface area contributed by atoms with Crippen LogP contribution in [0.15, 0.2) is 66.9 Å². The summed E-state index contributed by atoms with van der Waals surface area (Å²) in [6, 6.07) is 14.9. The lowest BCUT2D eigenvalue weighted by Crippen LogP contribution is -2.36. The Bertz CT molecular complexity index is 1240. The Hall–Kier alpha value is -4.08. The predicted octanol–water partition coefficient (Wildman–Crippen LogP) is 5.28. The van der Waals surface area contributed by atoms with Gasteiger partial charge in [-0.1, -0.05) is 24.3 Å². The zero-order valence-corrected chi connectivity index (χ0v) is 19.9. The molecule has 2 aromatic carbocycles. The number of aromatic carboxylic acids is 1. The number of hydrogen-bond donors (Lipinski definition) is 2. The van der Waals surface area contributed by atoms with E-state index in [1.807, 2.05) is 0 Å². The first-order chi connectivity index (χ1) is 17.7. The van der Waals surface area contributed by atoms with Crippen LogP contribution in [0.5, 0.6) is 5.75 Å². The summed E-state index contributed by atoms with van der Waals surface area (Å²) in [5.74, 6) is 0.0462. The molecule has 0 radical (unpaired) electrons. The van der Waals surface area contributed by atoms with Crippen molar-refractivity contribution in [2.75, 3.05) is 29.9 Å². The van der Waals surface area contributed by atoms with Crippen molar-refractivity contribution < 1.29 is 32.6 Å². The Kier molecular flexibility index (Phi) is 7.95. The van der Waals surface area contributed by atoms with Gasteiger partial charge in [-0.3, -0.25) is 4.79 Å². The van der Waals surface area contributed by atoms with Gasteiger partial charge in [0.2, 0.25) is 5.91 Å². The highest BCUT2D eigenvalue weighted by Crippen LogP contribution is 2.32. The summed E-state index contributed by atoms with van der Waals surface area (Å²) in [6.45, 7) is 2.01. The molecule has 0 saturated carbocycles. The number of amides is 1. The van der Waals surface area contributed by atoms with Gasteiger partial charge < -0.3 is 20.1 Å². The second kappa shape index (κ2) is 11.3. The Labute approximate surface area is 211 Å². The highest BCUT2D eigenvalue weighted by Gasteiger charge is 2.33. The van der Waals surface area contributed by atoms with Crippen LogP contribution < -0.4 is 15.0 Å². The predicted molar refractivity (Wildman–Crippen MR) is 132 cm³/mol. The maximum atomic E-state index is 13.2. The van der Waals surface area contributed by atoms with Gasteiger partial charge in [-0.15, -0.1) is 0 Å². The molecule has 0 bridgehead atoms. The molecular formula is C27H26F3N3O4. The number of carboxylic acids is 1. The minimum absolute atomic E-state index is 0.0847. The van der Waals surface area contributed by atoms with E-state index in [1.54, 1.807) is 24.3 Å². The number of pyridine rings is 1. The number of carbonyl (C=O) groups is 2. The molecule has 0 unspecified atom stereocenters. The molecule has 10 heteroatoms. The number of nitrogens with one attached hydrogen (secondary N) is 1. The summed E-state index contributed by atoms with van der Waals surface area (Å²) in [5, 5.41) is 11.7. The smallest absolute Gasteiger partial charge is 0.416 e. The molecule has 1 fully saturated rings. The molecule has 4 rings (SSSR count). The molecule has 1 saturated heterocycles. The Morgan fingerprint density at radius 3 is 2.49 bits per heavy atom. The van der Waals surface area contributed by atoms with Gasteiger partial charge in [0.05, 0.1) is 36.0 Å². The van der Waals surface area contributed by atoms with E-state index >= 15 is 0 Å². The lowest BCUT2D eigenvalue weighted by atomic mass is 9.98. The number of hydrogen-bond acceptors (Lipinski definition) is 5. The average molecular weight is 514 g/mol. The number of carbonyl (C=O) groups excluding carboxylic acids is 1. The fraction of sp³-hybridized carbons (Fsp3) is 0.296. The number of benzene rings is 2. The van der Waals surface area contributed by atoms with Gasteiger partial charge in [0.15, 0.2) is 0 Å². The lowest BCUT2D eigenvalue weighted by molar-refractivity contribution is -0.138. The second-order valence-corrected chi connectivity index (χ2v) is 8.86. The van der Waals surface area contributed by atoms with E-state index in [9.17, 15) is 22.8 Å². The highest BCUT2D eigenvalue weighted by atomic mass is 19.4. The summed E-state index contributed by atoms with van der Waals surface area (Å²) in [6.07, 6.45) is -1.68. The van der Waals surface area contributed by atoms with Crippen LogP contribution in [-0.2, 0) is 17.4 Å². The van der Waals surface area contributed by atoms with Gasteiger partial charge in [0.25, 0.3) is 0 Å². The highest BCUT2D eigenvalue weighted by molar-refractivity contribution is 5.92. The Morgan fingerprint density at radius 1 is 1.05 bits per heavy atom. The van der Waals surface area contributed by atoms with Gasteiger partial charge in [-0.05, 0) is 60.7 Å². The number of halogens is 3. The first-order valence-corrected chi connectivity index (χ1v) is 11.8. The van der Waals surface area contributed by atoms with Crippen molar-refractivity contribution in [3.05, 3.63) is 83.6 Å². The van der Waals surface area contributed by atoms with E-state index in [1.165, 1.54) is 36.5 Å². The van der Waals surface area contributed by atoms with E-state index in [4.69, 9.17) is 9.84 Å². The molecule has 0 aliphatic carbocycles. The van der Waals surface area contributed by atoms with E-state index in [0.717, 1.165) is 37.8 Å². The van der Waals surface area contributed by atoms with Crippen LogP contribution >= 0.6 is 0 Å². The van der Waals surface area contributed by atoms with Gasteiger partial charge in [-0.2, -0.15) is 13.2 Å². The Morgan fingerprint density at radius 2 is 1.81 bits per heavy atom. The maximum Gasteiger partial charge on any atom is 0.416 e. The van der Waals surface area contributed by atoms with E-state index in [-0.39, 0.29) is 11.1 Å². The van der Waals surface area contributed by atoms with Crippen LogP contribution in [0.3, 0.4) is 0 Å². The molecule has 7 nitrogen and oxygen atoms in total. The first kappa shape index (κ1) is 26.0. The standard InChI is InChI=1S/C27H26F3N3O4/c28-27(29,30)23-7-2-1-4-19(23)15-25(34)32-21-8-9-24(31-16-21)33-12-10-18(11-13-33)17-37-22-6-3-5-20(14-22)26(35)36/h1-9,14,16,18H,10-13,15,17H2,(H,32,34)(H,35,36). The van der Waals surface area contributed by atoms with Crippen molar-refractivity contribution in [2.45, 2.75) is 25.4 Å². The molecule has 0 atom stereocenters. The quantitative estimate of drug-likeness (QED) is 0.426. The van der Waals surface area contributed by atoms with Crippen LogP contribution in [-0.4, -0.2) is 41.7 Å². The molecule has 1 aliphatic heterocycles. The van der Waals surface area contributed by atoms with Crippen LogP contribution in [0.4, 0.5) is 24.7 Å². The number of anilines is 2. The molecular weight excluding hydrogens is 487 g/mol. The average Bonchev–Trinajstić information content (AvgIpc) is 2.88. The molecule has 1 amide bonds. The van der Waals surface area contributed by atoms with Crippen molar-refractivity contribution in [1.29, 1.82) is 0 Å². The number of ether oxygens (including phenoxy) is 1. The monoisotopic (exact) mass is 513 g/mol. The molecule has 2 N–H and O–H groups in total. The Balaban J connectivity index is 1.26. The number of rotatable bonds is 8. The SMILES string of the molecule is O=C(Cc1ccccc1C(F)(F)F)Nc1ccc(N2CCC(COc3cccc(C(=O)O)c3)CC2)nc1. The summed E-state index contributed by atoms with van der Waals surface area (Å²) >= 11 is 0. The van der Waals surface area contributed by atoms with Crippen molar-refractivity contribution >= 4 is 23.4 Å². The molecule has 194 valence electrons. The third-order valence-electron chi connectivity index (χ3n) is 6.21. The maximum absolute atomic E-state index is 13.2. The zero-order valence-electron chi connectivity index (χ0n) is 19.9. The largest absolute Gasteiger partial charge is 0.493 e. The topological polar surface area (TPSA) is 91.8 Å². The van der Waals surface area contributed by atoms with Crippen LogP contribution in [0.1, 0.15) is 34.3 Å². The van der Waals surface area contributed by atoms with Crippen LogP contribution in [0.2, 0.25) is 0 Å². The van der Waals surface area contributed by atoms with Crippen molar-refractivity contribution in [1.82, 2.24) is 4.98 Å². The molecule has 0 spiro atoms. The number of aromatic nitrogens is 1. The second-order valence-electron chi connectivity index (χ2n) is 8.86. The molecule has 1 aromatic heterocycles. The number of piperidine rings is 1. The fourth-order valence-electron chi connectivity index (χ4n) is 4.24. The van der Waals surface area contributed by atoms with E-state index in [0.29, 0.717) is 24.0 Å². The number of alkyl halides is 3. The third kappa shape index (κ3) is 6.99. The minimum Gasteiger partial charge on any atom is -0.493 e. The van der Waals surface area contributed by atoms with Crippen molar-refractivity contribution in [3.8, 4) is 5.75 Å². The van der Waals surface area contributed by atoms with Gasteiger partial charge in [0, 0.05) is 13.1 Å². The van der Waals surface area contributed by atoms with Crippen LogP contribution in [0, 0.1) is 5.92 Å². The molecule has 2 heterocycles. The van der Waals surface area contributed by atoms with Gasteiger partial charge >= 0.3 is 12.1 Å². The zero-order chi connectivity index (χ0) is 26.4. The normalized spacial score (nSPS) is 14.3. The first-order valence-electron chi connectivity index (χ1n) is 11.8. The third-order valence-corrected chi connectivity index (χ3v) is 6.21. The lowest BCUT2D eigenvalue weighted by Gasteiger charge is -2.32.